The van der Waals surface area contributed by atoms with Gasteiger partial charge in [0.05, 0.1) is 33.2 Å². The van der Waals surface area contributed by atoms with Crippen molar-refractivity contribution in [3.05, 3.63) is 91.4 Å². The van der Waals surface area contributed by atoms with E-state index in [4.69, 9.17) is 11.6 Å². The fraction of sp³-hybridized carbons (Fsp3) is 0.371. The third-order valence-electron chi connectivity index (χ3n) is 10.1. The molecule has 0 saturated carbocycles. The van der Waals surface area contributed by atoms with Crippen LogP contribution in [0, 0.1) is 26.6 Å². The van der Waals surface area contributed by atoms with Crippen LogP contribution in [-0.2, 0) is 22.9 Å². The van der Waals surface area contributed by atoms with Crippen molar-refractivity contribution in [3.63, 3.8) is 0 Å². The lowest BCUT2D eigenvalue weighted by molar-refractivity contribution is -0.137. The molecule has 0 bridgehead atoms. The quantitative estimate of drug-likeness (QED) is 0.221. The Bertz CT molecular complexity index is 2400. The van der Waals surface area contributed by atoms with Crippen LogP contribution in [0.1, 0.15) is 76.5 Å². The van der Waals surface area contributed by atoms with Crippen LogP contribution in [0.3, 0.4) is 0 Å². The van der Waals surface area contributed by atoms with Crippen LogP contribution in [0.15, 0.2) is 35.4 Å². The first-order chi connectivity index (χ1) is 25.0. The second-order valence-electron chi connectivity index (χ2n) is 13.6. The van der Waals surface area contributed by atoms with Crippen molar-refractivity contribution in [2.24, 2.45) is 0 Å². The molecule has 7 rings (SSSR count). The van der Waals surface area contributed by atoms with Gasteiger partial charge in [-0.1, -0.05) is 18.5 Å². The minimum absolute atomic E-state index is 0.00332. The second-order valence-corrected chi connectivity index (χ2v) is 14.0. The SMILES string of the molecule is Cc1cc(-c2nc3n(CC(=O)Nc4ccc(C(F)(F)F)cc4Cl)c4c(c(=O)n3n2)C2(CCN(C(=O)c3ncnc(C)c3O)CC2)C[C@H]4C)c(F)c(C)n1. The topological polar surface area (TPSA) is 160 Å². The number of carbonyl (C=O) groups excluding carboxylic acids is 2. The Morgan fingerprint density at radius 2 is 1.79 bits per heavy atom. The summed E-state index contributed by atoms with van der Waals surface area (Å²) in [7, 11) is 0. The number of nitrogens with zero attached hydrogens (tertiary/aromatic N) is 8. The number of nitrogens with one attached hydrogen (secondary N) is 1. The minimum Gasteiger partial charge on any atom is -0.504 e. The van der Waals surface area contributed by atoms with Crippen molar-refractivity contribution < 1.29 is 32.3 Å². The van der Waals surface area contributed by atoms with E-state index < -0.39 is 46.9 Å². The molecule has 53 heavy (non-hydrogen) atoms. The Labute approximate surface area is 303 Å². The van der Waals surface area contributed by atoms with Gasteiger partial charge in [0.1, 0.15) is 12.9 Å². The molecule has 5 aromatic rings. The summed E-state index contributed by atoms with van der Waals surface area (Å²) in [6.07, 6.45) is -2.24. The van der Waals surface area contributed by atoms with Crippen LogP contribution in [0.2, 0.25) is 5.02 Å². The smallest absolute Gasteiger partial charge is 0.416 e. The molecular weight excluding hydrogens is 722 g/mol. The maximum Gasteiger partial charge on any atom is 0.416 e. The molecule has 13 nitrogen and oxygen atoms in total. The summed E-state index contributed by atoms with van der Waals surface area (Å²) in [5, 5.41) is 17.1. The number of likely N-dealkylation sites (tertiary alicyclic amines) is 1. The molecule has 0 unspecified atom stereocenters. The van der Waals surface area contributed by atoms with Gasteiger partial charge in [-0.15, -0.1) is 5.10 Å². The maximum atomic E-state index is 15.4. The van der Waals surface area contributed by atoms with Gasteiger partial charge in [-0.2, -0.15) is 22.7 Å². The van der Waals surface area contributed by atoms with E-state index in [0.717, 1.165) is 16.6 Å². The largest absolute Gasteiger partial charge is 0.504 e. The molecule has 1 aromatic carbocycles. The Morgan fingerprint density at radius 3 is 2.47 bits per heavy atom. The summed E-state index contributed by atoms with van der Waals surface area (Å²) < 4.78 is 57.7. The van der Waals surface area contributed by atoms with E-state index in [-0.39, 0.29) is 69.7 Å². The number of fused-ring (bicyclic) bond motifs is 3. The number of aromatic hydroxyl groups is 1. The number of aryl methyl sites for hydroxylation is 3. The van der Waals surface area contributed by atoms with Crippen molar-refractivity contribution in [3.8, 4) is 17.1 Å². The Morgan fingerprint density at radius 1 is 1.08 bits per heavy atom. The summed E-state index contributed by atoms with van der Waals surface area (Å²) in [5.41, 5.74) is -0.697. The van der Waals surface area contributed by atoms with Crippen LogP contribution >= 0.6 is 11.6 Å². The first-order valence-corrected chi connectivity index (χ1v) is 17.0. The van der Waals surface area contributed by atoms with E-state index >= 15 is 4.39 Å². The third-order valence-corrected chi connectivity index (χ3v) is 10.4. The number of anilines is 1. The number of aromatic nitrogens is 7. The lowest BCUT2D eigenvalue weighted by Gasteiger charge is -2.39. The Balaban J connectivity index is 1.31. The maximum absolute atomic E-state index is 15.4. The van der Waals surface area contributed by atoms with Gasteiger partial charge < -0.3 is 19.9 Å². The second kappa shape index (κ2) is 12.9. The summed E-state index contributed by atoms with van der Waals surface area (Å²) in [4.78, 5) is 59.7. The van der Waals surface area contributed by atoms with E-state index in [2.05, 4.69) is 30.4 Å². The van der Waals surface area contributed by atoms with Crippen molar-refractivity contribution in [1.82, 2.24) is 39.0 Å². The predicted molar refractivity (Wildman–Crippen MR) is 183 cm³/mol. The zero-order valence-corrected chi connectivity index (χ0v) is 29.6. The Kier molecular flexibility index (Phi) is 8.74. The zero-order chi connectivity index (χ0) is 38.1. The number of piperidine rings is 1. The molecule has 1 saturated heterocycles. The molecule has 4 aromatic heterocycles. The molecule has 5 heterocycles. The summed E-state index contributed by atoms with van der Waals surface area (Å²) in [6.45, 7) is 6.61. The number of carbonyl (C=O) groups is 2. The van der Waals surface area contributed by atoms with Gasteiger partial charge in [0.25, 0.3) is 11.5 Å². The molecular formula is C35H32ClF4N9O4. The number of alkyl halides is 3. The minimum atomic E-state index is -4.64. The highest BCUT2D eigenvalue weighted by Crippen LogP contribution is 2.50. The van der Waals surface area contributed by atoms with Gasteiger partial charge in [-0.3, -0.25) is 19.4 Å². The van der Waals surface area contributed by atoms with Crippen LogP contribution in [0.5, 0.6) is 5.75 Å². The molecule has 1 spiro atoms. The molecule has 276 valence electrons. The fourth-order valence-corrected chi connectivity index (χ4v) is 7.83. The summed E-state index contributed by atoms with van der Waals surface area (Å²) in [6, 6.07) is 4.01. The van der Waals surface area contributed by atoms with Crippen molar-refractivity contribution >= 4 is 34.9 Å². The fourth-order valence-electron chi connectivity index (χ4n) is 7.61. The average Bonchev–Trinajstić information content (AvgIpc) is 3.66. The highest BCUT2D eigenvalue weighted by molar-refractivity contribution is 6.33. The molecule has 1 atom stereocenters. The van der Waals surface area contributed by atoms with Crippen LogP contribution in [0.25, 0.3) is 17.2 Å². The number of amides is 2. The number of hydrogen-bond donors (Lipinski definition) is 2. The molecule has 2 amide bonds. The lowest BCUT2D eigenvalue weighted by Crippen LogP contribution is -2.46. The summed E-state index contributed by atoms with van der Waals surface area (Å²) in [5.74, 6) is -2.61. The number of pyridine rings is 1. The molecule has 1 fully saturated rings. The van der Waals surface area contributed by atoms with Gasteiger partial charge in [0.2, 0.25) is 11.7 Å². The molecule has 2 aliphatic rings. The molecule has 0 radical (unpaired) electrons. The normalized spacial score (nSPS) is 16.7. The van der Waals surface area contributed by atoms with E-state index in [1.54, 1.807) is 18.7 Å². The van der Waals surface area contributed by atoms with Gasteiger partial charge in [0.15, 0.2) is 23.1 Å². The molecule has 18 heteroatoms. The van der Waals surface area contributed by atoms with E-state index in [1.165, 1.54) is 23.9 Å². The molecule has 2 N–H and O–H groups in total. The van der Waals surface area contributed by atoms with Crippen LogP contribution in [0.4, 0.5) is 23.2 Å². The average molecular weight is 754 g/mol. The lowest BCUT2D eigenvalue weighted by atomic mass is 9.73. The van der Waals surface area contributed by atoms with Gasteiger partial charge in [0, 0.05) is 35.5 Å². The highest BCUT2D eigenvalue weighted by atomic mass is 35.5. The van der Waals surface area contributed by atoms with Crippen molar-refractivity contribution in [2.45, 2.75) is 71.0 Å². The number of benzene rings is 1. The molecule has 1 aliphatic carbocycles. The highest BCUT2D eigenvalue weighted by Gasteiger charge is 2.49. The van der Waals surface area contributed by atoms with Crippen molar-refractivity contribution in [2.75, 3.05) is 18.4 Å². The standard InChI is InChI=1S/C35H32ClF4N9O4/c1-16-13-34(7-9-47(10-8-34)32(53)27-29(51)19(4)41-15-42-27)25-28(16)48(14-24(50)44-23-6-5-20(12-22(23)36)35(38,39)40)33-45-30(46-49(33)31(25)52)21-11-17(2)43-18(3)26(21)37/h5-6,11-12,15-16,51H,7-10,13-14H2,1-4H3,(H,44,50)/t16-/m1/s1. The van der Waals surface area contributed by atoms with E-state index in [0.29, 0.717) is 42.3 Å². The Hall–Kier alpha value is -5.45. The van der Waals surface area contributed by atoms with Crippen LogP contribution < -0.4 is 10.9 Å². The van der Waals surface area contributed by atoms with Gasteiger partial charge >= 0.3 is 6.18 Å². The van der Waals surface area contributed by atoms with Gasteiger partial charge in [-0.05, 0) is 70.2 Å². The number of halogens is 5. The van der Waals surface area contributed by atoms with Crippen molar-refractivity contribution in [1.29, 1.82) is 0 Å². The number of hydrogen-bond acceptors (Lipinski definition) is 9. The first-order valence-electron chi connectivity index (χ1n) is 16.6. The van der Waals surface area contributed by atoms with E-state index in [9.17, 15) is 32.7 Å². The van der Waals surface area contributed by atoms with Crippen LogP contribution in [-0.4, -0.2) is 69.0 Å². The van der Waals surface area contributed by atoms with E-state index in [1.807, 2.05) is 6.92 Å². The monoisotopic (exact) mass is 753 g/mol. The van der Waals surface area contributed by atoms with Gasteiger partial charge in [-0.25, -0.2) is 14.4 Å². The molecule has 1 aliphatic heterocycles. The first kappa shape index (κ1) is 35.9. The summed E-state index contributed by atoms with van der Waals surface area (Å²) >= 11 is 6.13. The predicted octanol–water partition coefficient (Wildman–Crippen LogP) is 5.51. The number of rotatable bonds is 5. The third kappa shape index (κ3) is 6.15. The zero-order valence-electron chi connectivity index (χ0n) is 28.8.